The third-order valence-electron chi connectivity index (χ3n) is 3.84. The molecule has 2 saturated carbocycles. The second kappa shape index (κ2) is 3.84. The summed E-state index contributed by atoms with van der Waals surface area (Å²) in [6.07, 6.45) is 3.73. The van der Waals surface area contributed by atoms with Crippen molar-refractivity contribution in [3.05, 3.63) is 0 Å². The Balaban J connectivity index is 1.97. The van der Waals surface area contributed by atoms with Crippen LogP contribution in [0.1, 0.15) is 33.1 Å². The smallest absolute Gasteiger partial charge is 0.227 e. The largest absolute Gasteiger partial charge is 0.327 e. The monoisotopic (exact) mass is 206 g/mol. The SMILES string of the molecule is CC(C)N(CC#N)C(=O)C1C2CCCC21. The fourth-order valence-electron chi connectivity index (χ4n) is 2.97. The second-order valence-electron chi connectivity index (χ2n) is 5.00. The van der Waals surface area contributed by atoms with Gasteiger partial charge in [0, 0.05) is 12.0 Å². The summed E-state index contributed by atoms with van der Waals surface area (Å²) in [7, 11) is 0. The quantitative estimate of drug-likeness (QED) is 0.661. The van der Waals surface area contributed by atoms with Gasteiger partial charge in [0.05, 0.1) is 6.07 Å². The van der Waals surface area contributed by atoms with Gasteiger partial charge >= 0.3 is 0 Å². The molecule has 82 valence electrons. The van der Waals surface area contributed by atoms with Crippen molar-refractivity contribution in [1.29, 1.82) is 5.26 Å². The Hall–Kier alpha value is -1.04. The second-order valence-corrected chi connectivity index (χ2v) is 5.00. The summed E-state index contributed by atoms with van der Waals surface area (Å²) in [5.41, 5.74) is 0. The van der Waals surface area contributed by atoms with Crippen molar-refractivity contribution in [3.8, 4) is 6.07 Å². The van der Waals surface area contributed by atoms with Crippen LogP contribution in [0, 0.1) is 29.1 Å². The summed E-state index contributed by atoms with van der Waals surface area (Å²) in [5, 5.41) is 8.70. The van der Waals surface area contributed by atoms with Crippen LogP contribution >= 0.6 is 0 Å². The van der Waals surface area contributed by atoms with Gasteiger partial charge in [0.2, 0.25) is 5.91 Å². The van der Waals surface area contributed by atoms with Crippen LogP contribution in [0.4, 0.5) is 0 Å². The lowest BCUT2D eigenvalue weighted by Gasteiger charge is -2.24. The van der Waals surface area contributed by atoms with Gasteiger partial charge in [-0.1, -0.05) is 6.42 Å². The maximum Gasteiger partial charge on any atom is 0.227 e. The Kier molecular flexibility index (Phi) is 2.68. The molecule has 15 heavy (non-hydrogen) atoms. The van der Waals surface area contributed by atoms with E-state index in [1.807, 2.05) is 13.8 Å². The zero-order valence-electron chi connectivity index (χ0n) is 9.44. The zero-order chi connectivity index (χ0) is 11.0. The van der Waals surface area contributed by atoms with Crippen molar-refractivity contribution in [2.75, 3.05) is 6.54 Å². The van der Waals surface area contributed by atoms with Crippen LogP contribution in [-0.2, 0) is 4.79 Å². The number of nitrogens with zero attached hydrogens (tertiary/aromatic N) is 2. The molecule has 0 bridgehead atoms. The molecule has 3 heteroatoms. The minimum atomic E-state index is 0.151. The van der Waals surface area contributed by atoms with E-state index in [9.17, 15) is 4.79 Å². The van der Waals surface area contributed by atoms with Crippen LogP contribution in [0.25, 0.3) is 0 Å². The molecule has 0 aromatic rings. The van der Waals surface area contributed by atoms with Gasteiger partial charge in [-0.3, -0.25) is 4.79 Å². The Bertz CT molecular complexity index is 295. The summed E-state index contributed by atoms with van der Waals surface area (Å²) in [6, 6.07) is 2.23. The molecule has 2 aliphatic carbocycles. The van der Waals surface area contributed by atoms with E-state index in [-0.39, 0.29) is 24.4 Å². The highest BCUT2D eigenvalue weighted by Crippen LogP contribution is 2.58. The molecule has 0 aromatic carbocycles. The molecule has 2 atom stereocenters. The fourth-order valence-corrected chi connectivity index (χ4v) is 2.97. The van der Waals surface area contributed by atoms with Crippen LogP contribution in [0.3, 0.4) is 0 Å². The third-order valence-corrected chi connectivity index (χ3v) is 3.84. The van der Waals surface area contributed by atoms with Gasteiger partial charge in [-0.05, 0) is 38.5 Å². The highest BCUT2D eigenvalue weighted by atomic mass is 16.2. The first-order chi connectivity index (χ1) is 7.16. The third kappa shape index (κ3) is 1.73. The van der Waals surface area contributed by atoms with Gasteiger partial charge in [0.15, 0.2) is 0 Å². The molecule has 0 N–H and O–H groups in total. The van der Waals surface area contributed by atoms with E-state index in [1.54, 1.807) is 4.90 Å². The maximum absolute atomic E-state index is 12.1. The first-order valence-electron chi connectivity index (χ1n) is 5.84. The Labute approximate surface area is 91.1 Å². The van der Waals surface area contributed by atoms with Gasteiger partial charge in [0.25, 0.3) is 0 Å². The molecule has 2 unspecified atom stereocenters. The average Bonchev–Trinajstić information content (AvgIpc) is 2.67. The van der Waals surface area contributed by atoms with Crippen molar-refractivity contribution in [2.24, 2.45) is 17.8 Å². The van der Waals surface area contributed by atoms with Crippen LogP contribution in [0.15, 0.2) is 0 Å². The lowest BCUT2D eigenvalue weighted by atomic mass is 10.1. The van der Waals surface area contributed by atoms with E-state index in [1.165, 1.54) is 19.3 Å². The number of amides is 1. The van der Waals surface area contributed by atoms with Gasteiger partial charge < -0.3 is 4.90 Å². The van der Waals surface area contributed by atoms with Crippen LogP contribution < -0.4 is 0 Å². The van der Waals surface area contributed by atoms with Gasteiger partial charge in [-0.15, -0.1) is 0 Å². The minimum absolute atomic E-state index is 0.151. The van der Waals surface area contributed by atoms with Gasteiger partial charge in [-0.25, -0.2) is 0 Å². The molecule has 2 rings (SSSR count). The summed E-state index contributed by atoms with van der Waals surface area (Å²) in [5.74, 6) is 1.78. The summed E-state index contributed by atoms with van der Waals surface area (Å²) >= 11 is 0. The number of carbonyl (C=O) groups excluding carboxylic acids is 1. The average molecular weight is 206 g/mol. The van der Waals surface area contributed by atoms with Crippen molar-refractivity contribution in [2.45, 2.75) is 39.2 Å². The van der Waals surface area contributed by atoms with Crippen LogP contribution in [-0.4, -0.2) is 23.4 Å². The predicted octanol–water partition coefficient (Wildman–Crippen LogP) is 1.79. The van der Waals surface area contributed by atoms with Crippen LogP contribution in [0.5, 0.6) is 0 Å². The number of carbonyl (C=O) groups is 1. The van der Waals surface area contributed by atoms with Crippen molar-refractivity contribution in [3.63, 3.8) is 0 Å². The summed E-state index contributed by atoms with van der Waals surface area (Å²) in [6.45, 7) is 4.20. The van der Waals surface area contributed by atoms with Crippen molar-refractivity contribution in [1.82, 2.24) is 4.90 Å². The molecular formula is C12H18N2O. The van der Waals surface area contributed by atoms with E-state index in [4.69, 9.17) is 5.26 Å². The topological polar surface area (TPSA) is 44.1 Å². The molecule has 0 radical (unpaired) electrons. The molecule has 3 nitrogen and oxygen atoms in total. The lowest BCUT2D eigenvalue weighted by Crippen LogP contribution is -2.39. The summed E-state index contributed by atoms with van der Waals surface area (Å²) < 4.78 is 0. The predicted molar refractivity (Wildman–Crippen MR) is 56.8 cm³/mol. The molecule has 2 aliphatic rings. The molecular weight excluding hydrogens is 188 g/mol. The number of nitriles is 1. The number of hydrogen-bond acceptors (Lipinski definition) is 2. The molecule has 0 heterocycles. The number of rotatable bonds is 3. The maximum atomic E-state index is 12.1. The number of hydrogen-bond donors (Lipinski definition) is 0. The Morgan fingerprint density at radius 2 is 2.07 bits per heavy atom. The zero-order valence-corrected chi connectivity index (χ0v) is 9.44. The van der Waals surface area contributed by atoms with Gasteiger partial charge in [-0.2, -0.15) is 5.26 Å². The molecule has 0 saturated heterocycles. The van der Waals surface area contributed by atoms with E-state index < -0.39 is 0 Å². The first-order valence-corrected chi connectivity index (χ1v) is 5.84. The van der Waals surface area contributed by atoms with Crippen molar-refractivity contribution < 1.29 is 4.79 Å². The van der Waals surface area contributed by atoms with Crippen molar-refractivity contribution >= 4 is 5.91 Å². The fraction of sp³-hybridized carbons (Fsp3) is 0.833. The molecule has 0 aromatic heterocycles. The van der Waals surface area contributed by atoms with Crippen LogP contribution in [0.2, 0.25) is 0 Å². The summed E-state index contributed by atoms with van der Waals surface area (Å²) in [4.78, 5) is 13.9. The van der Waals surface area contributed by atoms with E-state index in [0.29, 0.717) is 11.8 Å². The van der Waals surface area contributed by atoms with E-state index >= 15 is 0 Å². The highest BCUT2D eigenvalue weighted by molar-refractivity contribution is 5.83. The minimum Gasteiger partial charge on any atom is -0.327 e. The first kappa shape index (κ1) is 10.5. The highest BCUT2D eigenvalue weighted by Gasteiger charge is 2.57. The molecule has 0 spiro atoms. The number of fused-ring (bicyclic) bond motifs is 1. The Morgan fingerprint density at radius 3 is 2.53 bits per heavy atom. The molecule has 0 aliphatic heterocycles. The normalized spacial score (nSPS) is 32.3. The van der Waals surface area contributed by atoms with E-state index in [2.05, 4.69) is 6.07 Å². The lowest BCUT2D eigenvalue weighted by molar-refractivity contribution is -0.134. The standard InChI is InChI=1S/C12H18N2O/c1-8(2)14(7-6-13)12(15)11-9-4-3-5-10(9)11/h8-11H,3-5,7H2,1-2H3. The van der Waals surface area contributed by atoms with Gasteiger partial charge in [0.1, 0.15) is 6.54 Å². The Morgan fingerprint density at radius 1 is 1.47 bits per heavy atom. The molecule has 1 amide bonds. The molecule has 2 fully saturated rings. The van der Waals surface area contributed by atoms with E-state index in [0.717, 1.165) is 0 Å².